The number of aromatic nitrogens is 3. The highest BCUT2D eigenvalue weighted by atomic mass is 15.1. The molecule has 0 saturated heterocycles. The van der Waals surface area contributed by atoms with E-state index in [1.165, 1.54) is 11.1 Å². The molecular formula is C23H29N5. The second kappa shape index (κ2) is 8.83. The van der Waals surface area contributed by atoms with Crippen LogP contribution in [0.15, 0.2) is 54.4 Å². The van der Waals surface area contributed by atoms with Crippen LogP contribution in [-0.2, 0) is 12.8 Å². The van der Waals surface area contributed by atoms with E-state index in [1.54, 1.807) is 0 Å². The zero-order valence-corrected chi connectivity index (χ0v) is 17.3. The Kier molecular flexibility index (Phi) is 6.24. The quantitative estimate of drug-likeness (QED) is 0.342. The van der Waals surface area contributed by atoms with Crippen molar-refractivity contribution in [3.05, 3.63) is 72.0 Å². The number of aryl methyl sites for hydroxylation is 4. The van der Waals surface area contributed by atoms with E-state index in [2.05, 4.69) is 53.2 Å². The van der Waals surface area contributed by atoms with Crippen LogP contribution in [0, 0.1) is 13.8 Å². The lowest BCUT2D eigenvalue weighted by Gasteiger charge is -2.16. The molecule has 0 radical (unpaired) electrons. The van der Waals surface area contributed by atoms with Gasteiger partial charge in [-0.05, 0) is 56.4 Å². The van der Waals surface area contributed by atoms with Crippen molar-refractivity contribution in [2.75, 3.05) is 14.1 Å². The zero-order chi connectivity index (χ0) is 20.1. The maximum absolute atomic E-state index is 4.92. The monoisotopic (exact) mass is 375 g/mol. The fraction of sp³-hybridized carbons (Fsp3) is 0.348. The van der Waals surface area contributed by atoms with Gasteiger partial charge < -0.3 is 9.30 Å². The highest BCUT2D eigenvalue weighted by Crippen LogP contribution is 2.20. The van der Waals surface area contributed by atoms with Crippen LogP contribution in [0.3, 0.4) is 0 Å². The Bertz CT molecular complexity index is 997. The van der Waals surface area contributed by atoms with Gasteiger partial charge in [-0.2, -0.15) is 0 Å². The summed E-state index contributed by atoms with van der Waals surface area (Å²) in [4.78, 5) is 16.3. The van der Waals surface area contributed by atoms with Crippen molar-refractivity contribution in [2.24, 2.45) is 4.99 Å². The number of aliphatic imine (C=N–C) groups is 1. The largest absolute Gasteiger partial charge is 0.366 e. The number of fused-ring (bicyclic) bond motifs is 1. The zero-order valence-electron chi connectivity index (χ0n) is 17.3. The third kappa shape index (κ3) is 4.66. The Labute approximate surface area is 167 Å². The van der Waals surface area contributed by atoms with E-state index in [1.807, 2.05) is 38.5 Å². The van der Waals surface area contributed by atoms with Crippen LogP contribution < -0.4 is 0 Å². The highest BCUT2D eigenvalue weighted by Gasteiger charge is 2.10. The maximum atomic E-state index is 4.92. The van der Waals surface area contributed by atoms with E-state index in [0.717, 1.165) is 54.2 Å². The van der Waals surface area contributed by atoms with Crippen molar-refractivity contribution in [2.45, 2.75) is 39.5 Å². The molecule has 3 heterocycles. The standard InChI is InChI=1S/C23H29N5/c1-6-7-9-20-21(10-8-13-24-20)26-22(27(4)5)12-11-19-16-28-15-17(2)14-18(3)23(28)25-19/h6,8,10,13-16H,1,7,9,11-12H2,2-5H3/b26-22-. The topological polar surface area (TPSA) is 45.8 Å². The van der Waals surface area contributed by atoms with Crippen molar-refractivity contribution in [3.63, 3.8) is 0 Å². The minimum absolute atomic E-state index is 0.824. The molecule has 3 aromatic heterocycles. The summed E-state index contributed by atoms with van der Waals surface area (Å²) in [6.07, 6.45) is 11.4. The second-order valence-corrected chi connectivity index (χ2v) is 7.38. The summed E-state index contributed by atoms with van der Waals surface area (Å²) in [5.41, 5.74) is 6.52. The number of nitrogens with zero attached hydrogens (tertiary/aromatic N) is 5. The van der Waals surface area contributed by atoms with E-state index >= 15 is 0 Å². The molecule has 0 saturated carbocycles. The van der Waals surface area contributed by atoms with Gasteiger partial charge in [-0.15, -0.1) is 6.58 Å². The summed E-state index contributed by atoms with van der Waals surface area (Å²) in [6.45, 7) is 8.03. The molecule has 0 N–H and O–H groups in total. The average Bonchev–Trinajstić information content (AvgIpc) is 3.07. The average molecular weight is 376 g/mol. The molecule has 0 aliphatic heterocycles. The molecule has 0 spiro atoms. The van der Waals surface area contributed by atoms with Crippen LogP contribution in [0.5, 0.6) is 0 Å². The first-order valence-corrected chi connectivity index (χ1v) is 9.72. The van der Waals surface area contributed by atoms with Crippen LogP contribution in [0.25, 0.3) is 5.65 Å². The van der Waals surface area contributed by atoms with Gasteiger partial charge in [-0.3, -0.25) is 4.98 Å². The van der Waals surface area contributed by atoms with Crippen LogP contribution in [-0.4, -0.2) is 39.2 Å². The van der Waals surface area contributed by atoms with Gasteiger partial charge in [0.1, 0.15) is 11.5 Å². The van der Waals surface area contributed by atoms with E-state index < -0.39 is 0 Å². The van der Waals surface area contributed by atoms with Crippen molar-refractivity contribution < 1.29 is 0 Å². The lowest BCUT2D eigenvalue weighted by Crippen LogP contribution is -2.22. The van der Waals surface area contributed by atoms with E-state index in [9.17, 15) is 0 Å². The van der Waals surface area contributed by atoms with Gasteiger partial charge in [0.15, 0.2) is 0 Å². The molecular weight excluding hydrogens is 346 g/mol. The molecule has 0 unspecified atom stereocenters. The maximum Gasteiger partial charge on any atom is 0.139 e. The third-order valence-electron chi connectivity index (χ3n) is 4.74. The number of hydrogen-bond acceptors (Lipinski definition) is 3. The molecule has 0 bridgehead atoms. The first-order valence-electron chi connectivity index (χ1n) is 9.72. The molecule has 0 atom stereocenters. The summed E-state index contributed by atoms with van der Waals surface area (Å²) in [5, 5.41) is 0. The van der Waals surface area contributed by atoms with E-state index in [4.69, 9.17) is 9.98 Å². The Hall–Kier alpha value is -2.95. The SMILES string of the molecule is C=CCCc1ncccc1/N=C(/CCc1cn2cc(C)cc(C)c2n1)N(C)C. The molecule has 146 valence electrons. The lowest BCUT2D eigenvalue weighted by molar-refractivity contribution is 0.601. The third-order valence-corrected chi connectivity index (χ3v) is 4.74. The fourth-order valence-corrected chi connectivity index (χ4v) is 3.34. The van der Waals surface area contributed by atoms with Gasteiger partial charge >= 0.3 is 0 Å². The van der Waals surface area contributed by atoms with Gasteiger partial charge in [-0.25, -0.2) is 9.98 Å². The van der Waals surface area contributed by atoms with Gasteiger partial charge in [0.05, 0.1) is 17.1 Å². The van der Waals surface area contributed by atoms with Crippen molar-refractivity contribution >= 4 is 17.2 Å². The van der Waals surface area contributed by atoms with Crippen LogP contribution in [0.4, 0.5) is 5.69 Å². The summed E-state index contributed by atoms with van der Waals surface area (Å²) >= 11 is 0. The summed E-state index contributed by atoms with van der Waals surface area (Å²) in [6, 6.07) is 6.15. The predicted octanol–water partition coefficient (Wildman–Crippen LogP) is 4.69. The van der Waals surface area contributed by atoms with E-state index in [0.29, 0.717) is 0 Å². The van der Waals surface area contributed by atoms with Crippen LogP contribution >= 0.6 is 0 Å². The molecule has 5 heteroatoms. The smallest absolute Gasteiger partial charge is 0.139 e. The van der Waals surface area contributed by atoms with E-state index in [-0.39, 0.29) is 0 Å². The molecule has 0 amide bonds. The number of amidine groups is 1. The van der Waals surface area contributed by atoms with Gasteiger partial charge in [0.2, 0.25) is 0 Å². The number of imidazole rings is 1. The van der Waals surface area contributed by atoms with Gasteiger partial charge in [0, 0.05) is 39.1 Å². The molecule has 0 aliphatic rings. The molecule has 5 nitrogen and oxygen atoms in total. The van der Waals surface area contributed by atoms with Crippen LogP contribution in [0.2, 0.25) is 0 Å². The Morgan fingerprint density at radius 3 is 2.82 bits per heavy atom. The number of rotatable bonds is 7. The molecule has 0 aliphatic carbocycles. The van der Waals surface area contributed by atoms with Crippen molar-refractivity contribution in [3.8, 4) is 0 Å². The minimum Gasteiger partial charge on any atom is -0.366 e. The molecule has 3 aromatic rings. The fourth-order valence-electron chi connectivity index (χ4n) is 3.34. The first-order chi connectivity index (χ1) is 13.5. The molecule has 0 fully saturated rings. The second-order valence-electron chi connectivity index (χ2n) is 7.38. The lowest BCUT2D eigenvalue weighted by atomic mass is 10.2. The molecule has 0 aromatic carbocycles. The highest BCUT2D eigenvalue weighted by molar-refractivity contribution is 5.85. The summed E-state index contributed by atoms with van der Waals surface area (Å²) < 4.78 is 2.13. The van der Waals surface area contributed by atoms with Gasteiger partial charge in [-0.1, -0.05) is 12.1 Å². The first kappa shape index (κ1) is 19.8. The minimum atomic E-state index is 0.824. The normalized spacial score (nSPS) is 11.8. The Morgan fingerprint density at radius 2 is 2.07 bits per heavy atom. The molecule has 28 heavy (non-hydrogen) atoms. The number of pyridine rings is 2. The summed E-state index contributed by atoms with van der Waals surface area (Å²) in [7, 11) is 4.07. The van der Waals surface area contributed by atoms with Crippen molar-refractivity contribution in [1.82, 2.24) is 19.3 Å². The summed E-state index contributed by atoms with van der Waals surface area (Å²) in [5.74, 6) is 1.03. The van der Waals surface area contributed by atoms with Crippen molar-refractivity contribution in [1.29, 1.82) is 0 Å². The predicted molar refractivity (Wildman–Crippen MR) is 117 cm³/mol. The van der Waals surface area contributed by atoms with Gasteiger partial charge in [0.25, 0.3) is 0 Å². The Morgan fingerprint density at radius 1 is 1.25 bits per heavy atom. The Balaban J connectivity index is 1.82. The number of hydrogen-bond donors (Lipinski definition) is 0. The van der Waals surface area contributed by atoms with Crippen LogP contribution in [0.1, 0.15) is 35.4 Å². The number of allylic oxidation sites excluding steroid dienone is 1. The molecule has 3 rings (SSSR count).